The zero-order valence-corrected chi connectivity index (χ0v) is 11.6. The number of benzene rings is 1. The molecule has 0 saturated carbocycles. The average molecular weight is 253 g/mol. The van der Waals surface area contributed by atoms with Crippen molar-refractivity contribution in [3.05, 3.63) is 18.2 Å². The Kier molecular flexibility index (Phi) is 5.28. The first-order valence-electron chi connectivity index (χ1n) is 6.15. The first-order chi connectivity index (χ1) is 8.58. The molecule has 0 heterocycles. The van der Waals surface area contributed by atoms with Crippen molar-refractivity contribution < 1.29 is 14.6 Å². The van der Waals surface area contributed by atoms with Crippen molar-refractivity contribution in [2.75, 3.05) is 32.7 Å². The lowest BCUT2D eigenvalue weighted by Crippen LogP contribution is -2.29. The highest BCUT2D eigenvalue weighted by Gasteiger charge is 2.21. The molecule has 4 nitrogen and oxygen atoms in total. The summed E-state index contributed by atoms with van der Waals surface area (Å²) in [4.78, 5) is 0. The maximum atomic E-state index is 9.38. The van der Waals surface area contributed by atoms with Crippen molar-refractivity contribution in [3.8, 4) is 11.5 Å². The maximum absolute atomic E-state index is 9.38. The van der Waals surface area contributed by atoms with Crippen LogP contribution >= 0.6 is 0 Å². The lowest BCUT2D eigenvalue weighted by atomic mass is 9.88. The Morgan fingerprint density at radius 1 is 1.28 bits per heavy atom. The minimum absolute atomic E-state index is 0.120. The van der Waals surface area contributed by atoms with Crippen molar-refractivity contribution in [2.24, 2.45) is 5.41 Å². The number of ether oxygens (including phenoxy) is 2. The van der Waals surface area contributed by atoms with Crippen molar-refractivity contribution in [3.63, 3.8) is 0 Å². The van der Waals surface area contributed by atoms with E-state index in [0.717, 1.165) is 23.6 Å². The Balaban J connectivity index is 2.78. The first-order valence-corrected chi connectivity index (χ1v) is 6.15. The van der Waals surface area contributed by atoms with Crippen LogP contribution in [0, 0.1) is 5.41 Å². The number of nitrogens with one attached hydrogen (secondary N) is 1. The summed E-state index contributed by atoms with van der Waals surface area (Å²) in [5.74, 6) is 1.50. The Hall–Kier alpha value is -1.42. The maximum Gasteiger partial charge on any atom is 0.145 e. The van der Waals surface area contributed by atoms with Gasteiger partial charge in [-0.05, 0) is 18.6 Å². The fraction of sp³-hybridized carbons (Fsp3) is 0.571. The van der Waals surface area contributed by atoms with Crippen molar-refractivity contribution in [2.45, 2.75) is 20.3 Å². The summed E-state index contributed by atoms with van der Waals surface area (Å²) in [6.07, 6.45) is 0.912. The molecule has 0 aliphatic carbocycles. The third-order valence-electron chi connectivity index (χ3n) is 3.35. The van der Waals surface area contributed by atoms with Gasteiger partial charge in [0.25, 0.3) is 0 Å². The van der Waals surface area contributed by atoms with Crippen LogP contribution in [0.2, 0.25) is 0 Å². The molecule has 0 aliphatic heterocycles. The van der Waals surface area contributed by atoms with E-state index >= 15 is 0 Å². The van der Waals surface area contributed by atoms with E-state index < -0.39 is 0 Å². The van der Waals surface area contributed by atoms with Gasteiger partial charge in [0.05, 0.1) is 26.5 Å². The van der Waals surface area contributed by atoms with Gasteiger partial charge in [0.2, 0.25) is 0 Å². The van der Waals surface area contributed by atoms with Crippen molar-refractivity contribution in [1.82, 2.24) is 0 Å². The molecule has 0 aliphatic rings. The summed E-state index contributed by atoms with van der Waals surface area (Å²) in [7, 11) is 3.26. The van der Waals surface area contributed by atoms with E-state index in [9.17, 15) is 5.11 Å². The summed E-state index contributed by atoms with van der Waals surface area (Å²) in [6.45, 7) is 4.98. The molecule has 4 heteroatoms. The molecule has 0 aromatic heterocycles. The van der Waals surface area contributed by atoms with Crippen LogP contribution in [-0.4, -0.2) is 32.5 Å². The van der Waals surface area contributed by atoms with Crippen molar-refractivity contribution in [1.29, 1.82) is 0 Å². The summed E-state index contributed by atoms with van der Waals surface area (Å²) in [6, 6.07) is 5.64. The summed E-state index contributed by atoms with van der Waals surface area (Å²) in [5, 5.41) is 12.7. The van der Waals surface area contributed by atoms with Crippen LogP contribution in [0.1, 0.15) is 20.3 Å². The topological polar surface area (TPSA) is 50.7 Å². The van der Waals surface area contributed by atoms with E-state index in [1.54, 1.807) is 14.2 Å². The van der Waals surface area contributed by atoms with E-state index in [0.29, 0.717) is 6.54 Å². The molecule has 0 amide bonds. The van der Waals surface area contributed by atoms with E-state index in [1.165, 1.54) is 0 Å². The fourth-order valence-corrected chi connectivity index (χ4v) is 1.55. The molecule has 0 bridgehead atoms. The number of methoxy groups -OCH3 is 2. The Bertz CT molecular complexity index is 375. The predicted molar refractivity (Wildman–Crippen MR) is 73.5 cm³/mol. The van der Waals surface area contributed by atoms with Crippen LogP contribution in [0.3, 0.4) is 0 Å². The molecule has 0 saturated heterocycles. The Morgan fingerprint density at radius 2 is 2.00 bits per heavy atom. The lowest BCUT2D eigenvalue weighted by molar-refractivity contribution is 0.149. The summed E-state index contributed by atoms with van der Waals surface area (Å²) in [5.41, 5.74) is 0.789. The molecule has 0 spiro atoms. The minimum Gasteiger partial charge on any atom is -0.497 e. The molecule has 1 aromatic carbocycles. The van der Waals surface area contributed by atoms with Gasteiger partial charge in [-0.3, -0.25) is 0 Å². The van der Waals surface area contributed by atoms with Crippen LogP contribution in [0.5, 0.6) is 11.5 Å². The van der Waals surface area contributed by atoms with Crippen LogP contribution in [0.4, 0.5) is 5.69 Å². The highest BCUT2D eigenvalue weighted by molar-refractivity contribution is 5.59. The van der Waals surface area contributed by atoms with Crippen LogP contribution in [0.25, 0.3) is 0 Å². The second-order valence-electron chi connectivity index (χ2n) is 4.74. The standard InChI is InChI=1S/C14H23NO3/c1-5-14(2,10-16)9-15-12-7-6-11(17-3)8-13(12)18-4/h6-8,15-16H,5,9-10H2,1-4H3. The number of aliphatic hydroxyl groups excluding tert-OH is 1. The molecule has 0 fully saturated rings. The third kappa shape index (κ3) is 3.53. The third-order valence-corrected chi connectivity index (χ3v) is 3.35. The molecular weight excluding hydrogens is 230 g/mol. The number of rotatable bonds is 7. The summed E-state index contributed by atoms with van der Waals surface area (Å²) < 4.78 is 10.5. The van der Waals surface area contributed by atoms with E-state index in [4.69, 9.17) is 9.47 Å². The second kappa shape index (κ2) is 6.50. The molecule has 1 aromatic rings. The van der Waals surface area contributed by atoms with Crippen LogP contribution in [0.15, 0.2) is 18.2 Å². The zero-order chi connectivity index (χ0) is 13.6. The largest absolute Gasteiger partial charge is 0.497 e. The van der Waals surface area contributed by atoms with Crippen molar-refractivity contribution >= 4 is 5.69 Å². The smallest absolute Gasteiger partial charge is 0.145 e. The summed E-state index contributed by atoms with van der Waals surface area (Å²) >= 11 is 0. The molecule has 2 N–H and O–H groups in total. The quantitative estimate of drug-likeness (QED) is 0.784. The van der Waals surface area contributed by atoms with Gasteiger partial charge in [-0.2, -0.15) is 0 Å². The molecule has 102 valence electrons. The predicted octanol–water partition coefficient (Wildman–Crippen LogP) is 2.52. The first kappa shape index (κ1) is 14.6. The normalized spacial score (nSPS) is 13.8. The van der Waals surface area contributed by atoms with Gasteiger partial charge in [-0.25, -0.2) is 0 Å². The number of hydrogen-bond donors (Lipinski definition) is 2. The van der Waals surface area contributed by atoms with Gasteiger partial charge in [-0.1, -0.05) is 13.8 Å². The molecule has 18 heavy (non-hydrogen) atoms. The van der Waals surface area contributed by atoms with Crippen LogP contribution in [-0.2, 0) is 0 Å². The van der Waals surface area contributed by atoms with E-state index in [1.807, 2.05) is 18.2 Å². The molecule has 1 rings (SSSR count). The monoisotopic (exact) mass is 253 g/mol. The van der Waals surface area contributed by atoms with Gasteiger partial charge in [0, 0.05) is 18.0 Å². The Morgan fingerprint density at radius 3 is 2.50 bits per heavy atom. The SMILES string of the molecule is CCC(C)(CO)CNc1ccc(OC)cc1OC. The zero-order valence-electron chi connectivity index (χ0n) is 11.6. The van der Waals surface area contributed by atoms with Gasteiger partial charge < -0.3 is 19.9 Å². The van der Waals surface area contributed by atoms with E-state index in [-0.39, 0.29) is 12.0 Å². The fourth-order valence-electron chi connectivity index (χ4n) is 1.55. The van der Waals surface area contributed by atoms with Gasteiger partial charge >= 0.3 is 0 Å². The van der Waals surface area contributed by atoms with Crippen LogP contribution < -0.4 is 14.8 Å². The number of anilines is 1. The Labute approximate surface area is 109 Å². The molecule has 1 unspecified atom stereocenters. The number of aliphatic hydroxyl groups is 1. The molecule has 1 atom stereocenters. The highest BCUT2D eigenvalue weighted by Crippen LogP contribution is 2.30. The van der Waals surface area contributed by atoms with Gasteiger partial charge in [0.1, 0.15) is 11.5 Å². The van der Waals surface area contributed by atoms with E-state index in [2.05, 4.69) is 19.2 Å². The molecular formula is C14H23NO3. The average Bonchev–Trinajstić information content (AvgIpc) is 2.44. The van der Waals surface area contributed by atoms with Gasteiger partial charge in [-0.15, -0.1) is 0 Å². The van der Waals surface area contributed by atoms with Gasteiger partial charge in [0.15, 0.2) is 0 Å². The molecule has 0 radical (unpaired) electrons. The second-order valence-corrected chi connectivity index (χ2v) is 4.74. The lowest BCUT2D eigenvalue weighted by Gasteiger charge is -2.26. The minimum atomic E-state index is -0.120. The highest BCUT2D eigenvalue weighted by atomic mass is 16.5. The number of hydrogen-bond acceptors (Lipinski definition) is 4.